The first kappa shape index (κ1) is 12.3. The van der Waals surface area contributed by atoms with Crippen LogP contribution < -0.4 is 5.43 Å². The fourth-order valence-electron chi connectivity index (χ4n) is 1.35. The average molecular weight is 276 g/mol. The molecule has 88 valence electrons. The molecule has 2 rings (SSSR count). The van der Waals surface area contributed by atoms with Gasteiger partial charge in [-0.05, 0) is 19.1 Å². The zero-order chi connectivity index (χ0) is 13.1. The highest BCUT2D eigenvalue weighted by Crippen LogP contribution is 2.34. The van der Waals surface area contributed by atoms with Gasteiger partial charge in [0.1, 0.15) is 12.1 Å². The second kappa shape index (κ2) is 5.01. The first-order chi connectivity index (χ1) is 8.65. The Kier molecular flexibility index (Phi) is 3.42. The number of rotatable bonds is 2. The molecule has 18 heavy (non-hydrogen) atoms. The number of aryl methyl sites for hydroxylation is 1. The lowest BCUT2D eigenvalue weighted by atomic mass is 10.3. The molecule has 0 spiro atoms. The summed E-state index contributed by atoms with van der Waals surface area (Å²) in [6, 6.07) is 6.83. The number of nitrogens with one attached hydrogen (secondary N) is 1. The predicted octanol–water partition coefficient (Wildman–Crippen LogP) is 3.07. The van der Waals surface area contributed by atoms with Crippen molar-refractivity contribution in [3.8, 4) is 12.1 Å². The van der Waals surface area contributed by atoms with E-state index in [4.69, 9.17) is 22.1 Å². The van der Waals surface area contributed by atoms with E-state index in [-0.39, 0.29) is 5.71 Å². The van der Waals surface area contributed by atoms with Crippen molar-refractivity contribution in [1.29, 1.82) is 10.5 Å². The molecule has 0 aliphatic carbocycles. The topological polar surface area (TPSA) is 84.9 Å². The summed E-state index contributed by atoms with van der Waals surface area (Å²) in [4.78, 5) is 4.31. The molecule has 1 heterocycles. The van der Waals surface area contributed by atoms with Gasteiger partial charge in [0, 0.05) is 0 Å². The molecule has 1 N–H and O–H groups in total. The normalized spacial score (nSPS) is 9.56. The van der Waals surface area contributed by atoms with E-state index in [1.807, 2.05) is 6.92 Å². The second-order valence-electron chi connectivity index (χ2n) is 3.30. The van der Waals surface area contributed by atoms with E-state index in [1.54, 1.807) is 24.3 Å². The van der Waals surface area contributed by atoms with Crippen molar-refractivity contribution >= 4 is 44.6 Å². The molecule has 0 radical (unpaired) electrons. The molecular weight excluding hydrogens is 270 g/mol. The maximum atomic E-state index is 8.56. The van der Waals surface area contributed by atoms with Crippen LogP contribution in [0.15, 0.2) is 17.2 Å². The summed E-state index contributed by atoms with van der Waals surface area (Å²) >= 11 is 7.67. The Hall–Kier alpha value is -2.15. The quantitative estimate of drug-likeness (QED) is 0.674. The van der Waals surface area contributed by atoms with Gasteiger partial charge in [0.2, 0.25) is 5.71 Å². The van der Waals surface area contributed by atoms with Crippen LogP contribution in [-0.2, 0) is 0 Å². The maximum Gasteiger partial charge on any atom is 0.237 e. The largest absolute Gasteiger partial charge is 0.275 e. The van der Waals surface area contributed by atoms with Crippen LogP contribution in [0.4, 0.5) is 5.69 Å². The van der Waals surface area contributed by atoms with Gasteiger partial charge in [-0.2, -0.15) is 15.6 Å². The fourth-order valence-corrected chi connectivity index (χ4v) is 2.52. The van der Waals surface area contributed by atoms with Crippen LogP contribution >= 0.6 is 22.9 Å². The van der Waals surface area contributed by atoms with Gasteiger partial charge in [0.05, 0.1) is 25.9 Å². The zero-order valence-electron chi connectivity index (χ0n) is 9.23. The molecule has 1 aromatic carbocycles. The van der Waals surface area contributed by atoms with E-state index in [0.717, 1.165) is 15.2 Å². The number of hydrazone groups is 1. The summed E-state index contributed by atoms with van der Waals surface area (Å²) < 4.78 is 0.852. The number of halogens is 1. The summed E-state index contributed by atoms with van der Waals surface area (Å²) in [7, 11) is 0. The van der Waals surface area contributed by atoms with Crippen LogP contribution in [0, 0.1) is 29.6 Å². The second-order valence-corrected chi connectivity index (χ2v) is 4.89. The summed E-state index contributed by atoms with van der Waals surface area (Å²) in [6.45, 7) is 1.90. The molecule has 0 saturated carbocycles. The number of hydrogen-bond donors (Lipinski definition) is 1. The van der Waals surface area contributed by atoms with Gasteiger partial charge in [0.25, 0.3) is 0 Å². The van der Waals surface area contributed by atoms with Crippen LogP contribution in [0.2, 0.25) is 5.02 Å². The number of nitriles is 2. The number of fused-ring (bicyclic) bond motifs is 1. The lowest BCUT2D eigenvalue weighted by Gasteiger charge is -2.02. The molecular formula is C11H6ClN5S. The molecule has 5 nitrogen and oxygen atoms in total. The highest BCUT2D eigenvalue weighted by atomic mass is 35.5. The van der Waals surface area contributed by atoms with Gasteiger partial charge in [-0.15, -0.1) is 11.3 Å². The number of hydrogen-bond acceptors (Lipinski definition) is 6. The Labute approximate surface area is 112 Å². The molecule has 2 aromatic rings. The van der Waals surface area contributed by atoms with Crippen LogP contribution in [0.25, 0.3) is 10.2 Å². The van der Waals surface area contributed by atoms with E-state index < -0.39 is 0 Å². The van der Waals surface area contributed by atoms with E-state index in [2.05, 4.69) is 15.5 Å². The Morgan fingerprint density at radius 2 is 2.17 bits per heavy atom. The highest BCUT2D eigenvalue weighted by Gasteiger charge is 2.09. The number of anilines is 1. The summed E-state index contributed by atoms with van der Waals surface area (Å²) in [5.41, 5.74) is 3.70. The number of thiazole rings is 1. The fraction of sp³-hybridized carbons (Fsp3) is 0.0909. The molecule has 0 atom stereocenters. The van der Waals surface area contributed by atoms with Crippen LogP contribution in [0.3, 0.4) is 0 Å². The third-order valence-corrected chi connectivity index (χ3v) is 3.61. The van der Waals surface area contributed by atoms with Crippen molar-refractivity contribution < 1.29 is 0 Å². The van der Waals surface area contributed by atoms with Crippen molar-refractivity contribution in [2.45, 2.75) is 6.92 Å². The molecule has 0 aliphatic rings. The van der Waals surface area contributed by atoms with Crippen molar-refractivity contribution in [2.24, 2.45) is 5.10 Å². The summed E-state index contributed by atoms with van der Waals surface area (Å²) in [5, 5.41) is 22.2. The van der Waals surface area contributed by atoms with E-state index >= 15 is 0 Å². The Morgan fingerprint density at radius 3 is 2.83 bits per heavy atom. The SMILES string of the molecule is Cc1nc2ccc(NN=C(C#N)C#N)c(Cl)c2s1. The first-order valence-electron chi connectivity index (χ1n) is 4.85. The highest BCUT2D eigenvalue weighted by molar-refractivity contribution is 7.19. The van der Waals surface area contributed by atoms with E-state index in [1.165, 1.54) is 11.3 Å². The molecule has 7 heteroatoms. The molecule has 0 aliphatic heterocycles. The van der Waals surface area contributed by atoms with Gasteiger partial charge in [-0.1, -0.05) is 11.6 Å². The Morgan fingerprint density at radius 1 is 1.44 bits per heavy atom. The number of benzene rings is 1. The molecule has 0 bridgehead atoms. The maximum absolute atomic E-state index is 8.56. The standard InChI is InChI=1S/C11H6ClN5S/c1-6-15-9-3-2-8(10(12)11(9)18-6)17-16-7(4-13)5-14/h2-3,17H,1H3. The Balaban J connectivity index is 2.42. The van der Waals surface area contributed by atoms with Gasteiger partial charge < -0.3 is 0 Å². The van der Waals surface area contributed by atoms with Crippen molar-refractivity contribution in [2.75, 3.05) is 5.43 Å². The predicted molar refractivity (Wildman–Crippen MR) is 71.7 cm³/mol. The van der Waals surface area contributed by atoms with Gasteiger partial charge >= 0.3 is 0 Å². The van der Waals surface area contributed by atoms with E-state index in [9.17, 15) is 0 Å². The summed E-state index contributed by atoms with van der Waals surface area (Å²) in [6.07, 6.45) is 0. The zero-order valence-corrected chi connectivity index (χ0v) is 10.8. The minimum Gasteiger partial charge on any atom is -0.275 e. The first-order valence-corrected chi connectivity index (χ1v) is 6.04. The number of nitrogens with zero attached hydrogens (tertiary/aromatic N) is 4. The van der Waals surface area contributed by atoms with Crippen LogP contribution in [0.1, 0.15) is 5.01 Å². The smallest absolute Gasteiger partial charge is 0.237 e. The van der Waals surface area contributed by atoms with Gasteiger partial charge in [-0.3, -0.25) is 5.43 Å². The third-order valence-electron chi connectivity index (χ3n) is 2.10. The van der Waals surface area contributed by atoms with Gasteiger partial charge in [0.15, 0.2) is 0 Å². The van der Waals surface area contributed by atoms with Crippen molar-refractivity contribution in [1.82, 2.24) is 4.98 Å². The summed E-state index contributed by atoms with van der Waals surface area (Å²) in [5.74, 6) is 0. The molecule has 1 aromatic heterocycles. The minimum absolute atomic E-state index is 0.258. The van der Waals surface area contributed by atoms with E-state index in [0.29, 0.717) is 10.7 Å². The van der Waals surface area contributed by atoms with Crippen molar-refractivity contribution in [3.05, 3.63) is 22.2 Å². The third kappa shape index (κ3) is 2.25. The minimum atomic E-state index is -0.258. The monoisotopic (exact) mass is 275 g/mol. The average Bonchev–Trinajstić information content (AvgIpc) is 2.74. The lowest BCUT2D eigenvalue weighted by molar-refractivity contribution is 1.33. The number of aromatic nitrogens is 1. The lowest BCUT2D eigenvalue weighted by Crippen LogP contribution is -1.96. The molecule has 0 fully saturated rings. The van der Waals surface area contributed by atoms with Gasteiger partial charge in [-0.25, -0.2) is 4.98 Å². The Bertz CT molecular complexity index is 703. The molecule has 0 saturated heterocycles. The van der Waals surface area contributed by atoms with Crippen LogP contribution in [0.5, 0.6) is 0 Å². The molecule has 0 unspecified atom stereocenters. The van der Waals surface area contributed by atoms with Crippen molar-refractivity contribution in [3.63, 3.8) is 0 Å². The molecule has 0 amide bonds. The van der Waals surface area contributed by atoms with Crippen LogP contribution in [-0.4, -0.2) is 10.7 Å².